The van der Waals surface area contributed by atoms with E-state index in [2.05, 4.69) is 0 Å². The van der Waals surface area contributed by atoms with E-state index in [1.165, 1.54) is 35.5 Å². The highest BCUT2D eigenvalue weighted by molar-refractivity contribution is 7.88. The molecular weight excluding hydrogens is 312 g/mol. The molecule has 0 aromatic heterocycles. The van der Waals surface area contributed by atoms with Crippen molar-refractivity contribution in [1.82, 2.24) is 4.31 Å². The summed E-state index contributed by atoms with van der Waals surface area (Å²) in [6.07, 6.45) is 0.266. The molecule has 0 bridgehead atoms. The van der Waals surface area contributed by atoms with Crippen molar-refractivity contribution in [3.8, 4) is 0 Å². The maximum absolute atomic E-state index is 12.3. The lowest BCUT2D eigenvalue weighted by Gasteiger charge is -2.20. The Labute approximate surface area is 127 Å². The molecule has 0 saturated carbocycles. The van der Waals surface area contributed by atoms with Gasteiger partial charge in [-0.3, -0.25) is 14.9 Å². The lowest BCUT2D eigenvalue weighted by Crippen LogP contribution is -2.35. The Morgan fingerprint density at radius 1 is 1.41 bits per heavy atom. The molecule has 0 radical (unpaired) electrons. The van der Waals surface area contributed by atoms with Crippen LogP contribution in [0.5, 0.6) is 0 Å². The molecule has 2 rings (SSSR count). The highest BCUT2D eigenvalue weighted by atomic mass is 32.2. The summed E-state index contributed by atoms with van der Waals surface area (Å²) in [4.78, 5) is 21.2. The zero-order chi connectivity index (χ0) is 16.5. The van der Waals surface area contributed by atoms with Crippen LogP contribution in [0.3, 0.4) is 0 Å². The number of sulfonamides is 1. The minimum Gasteiger partial charge on any atom is -0.481 e. The van der Waals surface area contributed by atoms with E-state index in [9.17, 15) is 23.3 Å². The van der Waals surface area contributed by atoms with Crippen LogP contribution in [0.15, 0.2) is 24.3 Å². The molecule has 120 valence electrons. The maximum atomic E-state index is 12.3. The van der Waals surface area contributed by atoms with E-state index in [1.54, 1.807) is 0 Å². The smallest absolute Gasteiger partial charge is 0.310 e. The number of benzene rings is 1. The number of non-ortho nitro benzene ring substituents is 1. The first kappa shape index (κ1) is 16.4. The molecule has 0 aliphatic carbocycles. The summed E-state index contributed by atoms with van der Waals surface area (Å²) in [7, 11) is -3.65. The Hall–Kier alpha value is -2.00. The Morgan fingerprint density at radius 2 is 2.00 bits per heavy atom. The largest absolute Gasteiger partial charge is 0.481 e. The van der Waals surface area contributed by atoms with Crippen molar-refractivity contribution in [3.05, 3.63) is 39.9 Å². The number of hydrogen-bond acceptors (Lipinski definition) is 5. The first-order chi connectivity index (χ1) is 10.1. The summed E-state index contributed by atoms with van der Waals surface area (Å²) < 4.78 is 25.8. The number of rotatable bonds is 5. The SMILES string of the molecule is CC1(C(=O)O)CCN(S(=O)(=O)Cc2ccc([N+](=O)[O-])cc2)C1. The van der Waals surface area contributed by atoms with Gasteiger partial charge in [0.25, 0.3) is 5.69 Å². The number of nitrogens with zero attached hydrogens (tertiary/aromatic N) is 2. The summed E-state index contributed by atoms with van der Waals surface area (Å²) in [6, 6.07) is 5.27. The molecule has 1 aromatic carbocycles. The summed E-state index contributed by atoms with van der Waals surface area (Å²) in [5, 5.41) is 19.7. The second kappa shape index (κ2) is 5.65. The van der Waals surface area contributed by atoms with Crippen LogP contribution in [0, 0.1) is 15.5 Å². The maximum Gasteiger partial charge on any atom is 0.310 e. The summed E-state index contributed by atoms with van der Waals surface area (Å²) >= 11 is 0. The van der Waals surface area contributed by atoms with Crippen LogP contribution in [0.2, 0.25) is 0 Å². The molecule has 8 nitrogen and oxygen atoms in total. The Kier molecular flexibility index (Phi) is 4.21. The molecule has 1 N–H and O–H groups in total. The summed E-state index contributed by atoms with van der Waals surface area (Å²) in [5.41, 5.74) is -0.752. The topological polar surface area (TPSA) is 118 Å². The molecule has 1 heterocycles. The second-order valence-electron chi connectivity index (χ2n) is 5.63. The van der Waals surface area contributed by atoms with Crippen LogP contribution in [-0.2, 0) is 20.6 Å². The molecule has 1 aliphatic rings. The lowest BCUT2D eigenvalue weighted by molar-refractivity contribution is -0.384. The molecule has 1 atom stereocenters. The van der Waals surface area contributed by atoms with Crippen molar-refractivity contribution < 1.29 is 23.2 Å². The van der Waals surface area contributed by atoms with Crippen LogP contribution in [0.1, 0.15) is 18.9 Å². The third kappa shape index (κ3) is 3.25. The van der Waals surface area contributed by atoms with Crippen molar-refractivity contribution in [1.29, 1.82) is 0 Å². The van der Waals surface area contributed by atoms with Gasteiger partial charge in [-0.05, 0) is 18.9 Å². The first-order valence-electron chi connectivity index (χ1n) is 6.59. The number of aliphatic carboxylic acids is 1. The van der Waals surface area contributed by atoms with Gasteiger partial charge in [0.15, 0.2) is 0 Å². The number of carboxylic acid groups (broad SMARTS) is 1. The second-order valence-corrected chi connectivity index (χ2v) is 7.60. The minimum atomic E-state index is -3.65. The summed E-state index contributed by atoms with van der Waals surface area (Å²) in [6.45, 7) is 1.63. The standard InChI is InChI=1S/C13H16N2O6S/c1-13(12(16)17)6-7-14(9-13)22(20,21)8-10-2-4-11(5-3-10)15(18)19/h2-5H,6-9H2,1H3,(H,16,17). The van der Waals surface area contributed by atoms with Crippen molar-refractivity contribution in [3.63, 3.8) is 0 Å². The number of carboxylic acids is 1. The van der Waals surface area contributed by atoms with Crippen molar-refractivity contribution in [2.24, 2.45) is 5.41 Å². The minimum absolute atomic E-state index is 0.0579. The Balaban J connectivity index is 2.12. The lowest BCUT2D eigenvalue weighted by atomic mass is 9.90. The summed E-state index contributed by atoms with van der Waals surface area (Å²) in [5.74, 6) is -1.32. The first-order valence-corrected chi connectivity index (χ1v) is 8.19. The van der Waals surface area contributed by atoms with E-state index in [1.807, 2.05) is 0 Å². The third-order valence-corrected chi connectivity index (χ3v) is 5.64. The molecule has 1 aromatic rings. The third-order valence-electron chi connectivity index (χ3n) is 3.84. The van der Waals surface area contributed by atoms with Crippen molar-refractivity contribution in [2.75, 3.05) is 13.1 Å². The van der Waals surface area contributed by atoms with Crippen LogP contribution in [-0.4, -0.2) is 41.8 Å². The van der Waals surface area contributed by atoms with Gasteiger partial charge >= 0.3 is 5.97 Å². The van der Waals surface area contributed by atoms with Gasteiger partial charge in [0.2, 0.25) is 10.0 Å². The van der Waals surface area contributed by atoms with Gasteiger partial charge < -0.3 is 5.11 Å². The molecule has 1 unspecified atom stereocenters. The van der Waals surface area contributed by atoms with E-state index >= 15 is 0 Å². The molecule has 9 heteroatoms. The molecule has 1 fully saturated rings. The van der Waals surface area contributed by atoms with Crippen molar-refractivity contribution in [2.45, 2.75) is 19.1 Å². The molecular formula is C13H16N2O6S. The number of hydrogen-bond donors (Lipinski definition) is 1. The normalized spacial score (nSPS) is 22.6. The molecule has 0 spiro atoms. The predicted molar refractivity (Wildman–Crippen MR) is 77.7 cm³/mol. The zero-order valence-corrected chi connectivity index (χ0v) is 12.7. The number of nitro groups is 1. The number of nitro benzene ring substituents is 1. The van der Waals surface area contributed by atoms with Gasteiger partial charge in [-0.15, -0.1) is 0 Å². The zero-order valence-electron chi connectivity index (χ0n) is 11.9. The van der Waals surface area contributed by atoms with Crippen LogP contribution < -0.4 is 0 Å². The van der Waals surface area contributed by atoms with E-state index < -0.39 is 26.3 Å². The van der Waals surface area contributed by atoms with Gasteiger partial charge in [0, 0.05) is 25.2 Å². The van der Waals surface area contributed by atoms with Gasteiger partial charge in [-0.2, -0.15) is 0 Å². The van der Waals surface area contributed by atoms with E-state index in [-0.39, 0.29) is 31.0 Å². The monoisotopic (exact) mass is 328 g/mol. The molecule has 0 amide bonds. The fourth-order valence-corrected chi connectivity index (χ4v) is 3.99. The van der Waals surface area contributed by atoms with Gasteiger partial charge in [0.05, 0.1) is 16.1 Å². The van der Waals surface area contributed by atoms with Gasteiger partial charge in [0.1, 0.15) is 0 Å². The number of carbonyl (C=O) groups is 1. The van der Waals surface area contributed by atoms with Gasteiger partial charge in [-0.1, -0.05) is 12.1 Å². The van der Waals surface area contributed by atoms with Crippen LogP contribution >= 0.6 is 0 Å². The molecule has 1 aliphatic heterocycles. The molecule has 1 saturated heterocycles. The van der Waals surface area contributed by atoms with E-state index in [0.717, 1.165) is 0 Å². The van der Waals surface area contributed by atoms with Crippen LogP contribution in [0.4, 0.5) is 5.69 Å². The quantitative estimate of drug-likeness (QED) is 0.641. The predicted octanol–water partition coefficient (Wildman–Crippen LogP) is 1.22. The fourth-order valence-electron chi connectivity index (χ4n) is 2.35. The Morgan fingerprint density at radius 3 is 2.45 bits per heavy atom. The molecule has 22 heavy (non-hydrogen) atoms. The fraction of sp³-hybridized carbons (Fsp3) is 0.462. The van der Waals surface area contributed by atoms with E-state index in [4.69, 9.17) is 5.11 Å². The highest BCUT2D eigenvalue weighted by Crippen LogP contribution is 2.32. The Bertz CT molecular complexity index is 700. The van der Waals surface area contributed by atoms with Gasteiger partial charge in [-0.25, -0.2) is 12.7 Å². The van der Waals surface area contributed by atoms with E-state index in [0.29, 0.717) is 5.56 Å². The van der Waals surface area contributed by atoms with Crippen molar-refractivity contribution >= 4 is 21.7 Å². The highest BCUT2D eigenvalue weighted by Gasteiger charge is 2.44. The average molecular weight is 328 g/mol. The van der Waals surface area contributed by atoms with Crippen LogP contribution in [0.25, 0.3) is 0 Å². The average Bonchev–Trinajstić information content (AvgIpc) is 2.84.